The standard InChI is InChI=1S/C14H21N3O2/c1-9-6-10(7-9)17(3)14(18)13-15-11-8-16(2)5-4-12(11)19-13/h9-10H,4-8H2,1-3H3. The van der Waals surface area contributed by atoms with E-state index in [-0.39, 0.29) is 11.8 Å². The third-order valence-corrected chi connectivity index (χ3v) is 4.32. The largest absolute Gasteiger partial charge is 0.437 e. The maximum atomic E-state index is 12.3. The molecule has 5 heteroatoms. The number of carbonyl (C=O) groups is 1. The summed E-state index contributed by atoms with van der Waals surface area (Å²) in [6.07, 6.45) is 3.02. The second-order valence-electron chi connectivity index (χ2n) is 6.02. The van der Waals surface area contributed by atoms with Crippen LogP contribution in [0.4, 0.5) is 0 Å². The average Bonchev–Trinajstić information content (AvgIpc) is 2.76. The minimum absolute atomic E-state index is 0.0750. The molecule has 1 aromatic rings. The maximum absolute atomic E-state index is 12.3. The van der Waals surface area contributed by atoms with Gasteiger partial charge in [-0.25, -0.2) is 4.98 Å². The van der Waals surface area contributed by atoms with Gasteiger partial charge in [-0.3, -0.25) is 9.69 Å². The van der Waals surface area contributed by atoms with Crippen LogP contribution in [0.25, 0.3) is 0 Å². The molecule has 2 heterocycles. The zero-order valence-electron chi connectivity index (χ0n) is 11.8. The molecule has 0 N–H and O–H groups in total. The van der Waals surface area contributed by atoms with Crippen LogP contribution in [0.1, 0.15) is 41.9 Å². The van der Waals surface area contributed by atoms with Crippen LogP contribution < -0.4 is 0 Å². The van der Waals surface area contributed by atoms with Crippen molar-refractivity contribution in [2.45, 2.75) is 38.8 Å². The normalized spacial score (nSPS) is 26.7. The average molecular weight is 263 g/mol. The van der Waals surface area contributed by atoms with Gasteiger partial charge in [0, 0.05) is 32.6 Å². The quantitative estimate of drug-likeness (QED) is 0.812. The van der Waals surface area contributed by atoms with E-state index in [0.29, 0.717) is 6.04 Å². The molecule has 1 amide bonds. The molecule has 104 valence electrons. The third-order valence-electron chi connectivity index (χ3n) is 4.32. The Morgan fingerprint density at radius 2 is 2.21 bits per heavy atom. The molecule has 1 aliphatic carbocycles. The summed E-state index contributed by atoms with van der Waals surface area (Å²) in [5.41, 5.74) is 0.924. The van der Waals surface area contributed by atoms with Gasteiger partial charge in [-0.1, -0.05) is 6.92 Å². The topological polar surface area (TPSA) is 49.6 Å². The molecule has 0 atom stereocenters. The highest BCUT2D eigenvalue weighted by Gasteiger charge is 2.34. The van der Waals surface area contributed by atoms with E-state index in [1.54, 1.807) is 4.90 Å². The molecular weight excluding hydrogens is 242 g/mol. The molecule has 0 bridgehead atoms. The van der Waals surface area contributed by atoms with Gasteiger partial charge in [-0.15, -0.1) is 0 Å². The van der Waals surface area contributed by atoms with Gasteiger partial charge in [0.15, 0.2) is 0 Å². The Balaban J connectivity index is 1.73. The number of amides is 1. The highest BCUT2D eigenvalue weighted by atomic mass is 16.4. The van der Waals surface area contributed by atoms with Gasteiger partial charge in [-0.05, 0) is 25.8 Å². The zero-order valence-corrected chi connectivity index (χ0v) is 11.8. The summed E-state index contributed by atoms with van der Waals surface area (Å²) in [6.45, 7) is 3.95. The number of nitrogens with zero attached hydrogens (tertiary/aromatic N) is 3. The number of likely N-dealkylation sites (N-methyl/N-ethyl adjacent to an activating group) is 1. The predicted octanol–water partition coefficient (Wildman–Crippen LogP) is 1.53. The molecule has 0 saturated heterocycles. The molecule has 3 rings (SSSR count). The Kier molecular flexibility index (Phi) is 3.09. The lowest BCUT2D eigenvalue weighted by Crippen LogP contribution is -2.44. The molecular formula is C14H21N3O2. The summed E-state index contributed by atoms with van der Waals surface area (Å²) >= 11 is 0. The first kappa shape index (κ1) is 12.7. The van der Waals surface area contributed by atoms with Crippen LogP contribution in [0.2, 0.25) is 0 Å². The van der Waals surface area contributed by atoms with E-state index in [0.717, 1.165) is 49.7 Å². The number of oxazole rings is 1. The van der Waals surface area contributed by atoms with Crippen LogP contribution in [0.15, 0.2) is 4.42 Å². The second-order valence-corrected chi connectivity index (χ2v) is 6.02. The Labute approximate surface area is 113 Å². The molecule has 1 saturated carbocycles. The van der Waals surface area contributed by atoms with Gasteiger partial charge in [0.05, 0.1) is 5.69 Å². The van der Waals surface area contributed by atoms with E-state index < -0.39 is 0 Å². The Morgan fingerprint density at radius 1 is 1.47 bits per heavy atom. The van der Waals surface area contributed by atoms with Crippen LogP contribution >= 0.6 is 0 Å². The summed E-state index contributed by atoms with van der Waals surface area (Å²) in [5, 5.41) is 0. The van der Waals surface area contributed by atoms with Crippen molar-refractivity contribution < 1.29 is 9.21 Å². The smallest absolute Gasteiger partial charge is 0.309 e. The molecule has 19 heavy (non-hydrogen) atoms. The lowest BCUT2D eigenvalue weighted by Gasteiger charge is -2.38. The van der Waals surface area contributed by atoms with Crippen molar-refractivity contribution in [3.8, 4) is 0 Å². The van der Waals surface area contributed by atoms with Crippen molar-refractivity contribution in [1.82, 2.24) is 14.8 Å². The third kappa shape index (κ3) is 2.27. The van der Waals surface area contributed by atoms with Crippen molar-refractivity contribution >= 4 is 5.91 Å². The number of carbonyl (C=O) groups excluding carboxylic acids is 1. The first-order valence-corrected chi connectivity index (χ1v) is 6.99. The highest BCUT2D eigenvalue weighted by molar-refractivity contribution is 5.89. The number of aromatic nitrogens is 1. The van der Waals surface area contributed by atoms with Crippen molar-refractivity contribution in [3.05, 3.63) is 17.3 Å². The van der Waals surface area contributed by atoms with Crippen molar-refractivity contribution in [1.29, 1.82) is 0 Å². The fourth-order valence-electron chi connectivity index (χ4n) is 2.91. The van der Waals surface area contributed by atoms with E-state index in [9.17, 15) is 4.79 Å². The van der Waals surface area contributed by atoms with Crippen molar-refractivity contribution in [2.75, 3.05) is 20.6 Å². The lowest BCUT2D eigenvalue weighted by molar-refractivity contribution is 0.0531. The van der Waals surface area contributed by atoms with Gasteiger partial charge in [-0.2, -0.15) is 0 Å². The summed E-state index contributed by atoms with van der Waals surface area (Å²) in [4.78, 5) is 20.7. The number of hydrogen-bond acceptors (Lipinski definition) is 4. The number of rotatable bonds is 2. The Bertz CT molecular complexity index is 491. The SMILES string of the molecule is CC1CC(N(C)C(=O)c2nc3c(o2)CCN(C)C3)C1. The molecule has 2 aliphatic rings. The summed E-state index contributed by atoms with van der Waals surface area (Å²) in [6, 6.07) is 0.356. The maximum Gasteiger partial charge on any atom is 0.309 e. The van der Waals surface area contributed by atoms with Gasteiger partial charge in [0.2, 0.25) is 0 Å². The molecule has 0 unspecified atom stereocenters. The summed E-state index contributed by atoms with van der Waals surface area (Å²) in [5.74, 6) is 1.81. The molecule has 0 aromatic carbocycles. The van der Waals surface area contributed by atoms with Crippen LogP contribution in [-0.4, -0.2) is 47.4 Å². The van der Waals surface area contributed by atoms with E-state index in [1.807, 2.05) is 7.05 Å². The fourth-order valence-corrected chi connectivity index (χ4v) is 2.91. The molecule has 0 radical (unpaired) electrons. The van der Waals surface area contributed by atoms with Crippen molar-refractivity contribution in [2.24, 2.45) is 5.92 Å². The zero-order chi connectivity index (χ0) is 13.6. The molecule has 1 fully saturated rings. The van der Waals surface area contributed by atoms with Crippen LogP contribution in [0, 0.1) is 5.92 Å². The van der Waals surface area contributed by atoms with E-state index >= 15 is 0 Å². The fraction of sp³-hybridized carbons (Fsp3) is 0.714. The lowest BCUT2D eigenvalue weighted by atomic mass is 9.81. The minimum atomic E-state index is -0.0750. The van der Waals surface area contributed by atoms with E-state index in [1.165, 1.54) is 0 Å². The first-order valence-electron chi connectivity index (χ1n) is 6.99. The van der Waals surface area contributed by atoms with Crippen LogP contribution in [0.3, 0.4) is 0 Å². The summed E-state index contributed by atoms with van der Waals surface area (Å²) < 4.78 is 5.65. The van der Waals surface area contributed by atoms with Gasteiger partial charge in [0.25, 0.3) is 5.89 Å². The Morgan fingerprint density at radius 3 is 2.89 bits per heavy atom. The second kappa shape index (κ2) is 4.63. The van der Waals surface area contributed by atoms with E-state index in [4.69, 9.17) is 4.42 Å². The molecule has 5 nitrogen and oxygen atoms in total. The van der Waals surface area contributed by atoms with Gasteiger partial charge in [0.1, 0.15) is 5.76 Å². The van der Waals surface area contributed by atoms with Crippen LogP contribution in [-0.2, 0) is 13.0 Å². The molecule has 0 spiro atoms. The van der Waals surface area contributed by atoms with Gasteiger partial charge >= 0.3 is 5.91 Å². The highest BCUT2D eigenvalue weighted by Crippen LogP contribution is 2.31. The van der Waals surface area contributed by atoms with Crippen molar-refractivity contribution in [3.63, 3.8) is 0 Å². The van der Waals surface area contributed by atoms with Crippen LogP contribution in [0.5, 0.6) is 0 Å². The minimum Gasteiger partial charge on any atom is -0.437 e. The monoisotopic (exact) mass is 263 g/mol. The number of fused-ring (bicyclic) bond motifs is 1. The molecule has 1 aromatic heterocycles. The van der Waals surface area contributed by atoms with Gasteiger partial charge < -0.3 is 9.32 Å². The predicted molar refractivity (Wildman–Crippen MR) is 70.8 cm³/mol. The van der Waals surface area contributed by atoms with E-state index in [2.05, 4.69) is 23.9 Å². The molecule has 1 aliphatic heterocycles. The summed E-state index contributed by atoms with van der Waals surface area (Å²) in [7, 11) is 3.91. The first-order chi connectivity index (χ1) is 9.04. The Hall–Kier alpha value is -1.36. The number of hydrogen-bond donors (Lipinski definition) is 0.